The van der Waals surface area contributed by atoms with Gasteiger partial charge in [-0.25, -0.2) is 4.98 Å². The highest BCUT2D eigenvalue weighted by Gasteiger charge is 2.35. The maximum atomic E-state index is 12.2. The van der Waals surface area contributed by atoms with Gasteiger partial charge in [0.05, 0.1) is 5.69 Å². The van der Waals surface area contributed by atoms with Gasteiger partial charge in [0.25, 0.3) is 0 Å². The van der Waals surface area contributed by atoms with Crippen molar-refractivity contribution in [3.63, 3.8) is 0 Å². The highest BCUT2D eigenvalue weighted by Crippen LogP contribution is 2.34. The topological polar surface area (TPSA) is 38.9 Å². The molecule has 1 rings (SSSR count). The lowest BCUT2D eigenvalue weighted by Gasteiger charge is -2.01. The summed E-state index contributed by atoms with van der Waals surface area (Å²) in [6.07, 6.45) is -4.36. The van der Waals surface area contributed by atoms with Gasteiger partial charge in [-0.05, 0) is 13.8 Å². The molecule has 0 radical (unpaired) electrons. The number of alkyl halides is 3. The Morgan fingerprint density at radius 2 is 2.00 bits per heavy atom. The molecule has 0 saturated carbocycles. The first-order chi connectivity index (χ1) is 5.82. The summed E-state index contributed by atoms with van der Waals surface area (Å²) in [7, 11) is 0. The summed E-state index contributed by atoms with van der Waals surface area (Å²) in [6.45, 7) is 3.20. The van der Waals surface area contributed by atoms with Crippen LogP contribution in [-0.2, 0) is 6.18 Å². The Hall–Kier alpha value is -0.620. The lowest BCUT2D eigenvalue weighted by molar-refractivity contribution is -0.137. The molecular weight excluding hydrogens is 201 g/mol. The third kappa shape index (κ3) is 2.19. The van der Waals surface area contributed by atoms with E-state index in [1.165, 1.54) is 0 Å². The van der Waals surface area contributed by atoms with Crippen LogP contribution < -0.4 is 5.73 Å². The van der Waals surface area contributed by atoms with Gasteiger partial charge in [0.15, 0.2) is 5.01 Å². The number of aryl methyl sites for hydroxylation is 1. The Bertz CT molecular complexity index is 303. The van der Waals surface area contributed by atoms with Gasteiger partial charge in [-0.3, -0.25) is 0 Å². The van der Waals surface area contributed by atoms with Gasteiger partial charge in [-0.1, -0.05) is 0 Å². The second kappa shape index (κ2) is 3.26. The molecule has 0 spiro atoms. The van der Waals surface area contributed by atoms with Crippen molar-refractivity contribution < 1.29 is 13.2 Å². The Morgan fingerprint density at radius 3 is 2.23 bits per heavy atom. The minimum Gasteiger partial charge on any atom is -0.323 e. The molecule has 1 atom stereocenters. The van der Waals surface area contributed by atoms with Crippen LogP contribution in [0.1, 0.15) is 28.5 Å². The van der Waals surface area contributed by atoms with Crippen LogP contribution in [0.3, 0.4) is 0 Å². The summed E-state index contributed by atoms with van der Waals surface area (Å²) in [5.41, 5.74) is 5.78. The SMILES string of the molecule is Cc1sc(C(F)(F)F)nc1C(C)N. The zero-order chi connectivity index (χ0) is 10.2. The van der Waals surface area contributed by atoms with Crippen molar-refractivity contribution in [3.8, 4) is 0 Å². The third-order valence-electron chi connectivity index (χ3n) is 1.51. The first-order valence-corrected chi connectivity index (χ1v) is 4.44. The fraction of sp³-hybridized carbons (Fsp3) is 0.571. The molecule has 1 aromatic heterocycles. The number of hydrogen-bond acceptors (Lipinski definition) is 3. The van der Waals surface area contributed by atoms with Gasteiger partial charge in [0, 0.05) is 10.9 Å². The predicted octanol–water partition coefficient (Wildman–Crippen LogP) is 2.49. The summed E-state index contributed by atoms with van der Waals surface area (Å²) >= 11 is 0.634. The standard InChI is InChI=1S/C7H9F3N2S/c1-3(11)5-4(2)13-6(12-5)7(8,9)10/h3H,11H2,1-2H3. The minimum absolute atomic E-state index is 0.331. The van der Waals surface area contributed by atoms with E-state index in [4.69, 9.17) is 5.73 Å². The van der Waals surface area contributed by atoms with Crippen molar-refractivity contribution in [2.75, 3.05) is 0 Å². The van der Waals surface area contributed by atoms with E-state index in [0.717, 1.165) is 0 Å². The van der Waals surface area contributed by atoms with E-state index in [2.05, 4.69) is 4.98 Å². The summed E-state index contributed by atoms with van der Waals surface area (Å²) in [5.74, 6) is 0. The molecule has 6 heteroatoms. The number of thiazole rings is 1. The molecule has 2 N–H and O–H groups in total. The van der Waals surface area contributed by atoms with Crippen LogP contribution in [0.2, 0.25) is 0 Å². The average Bonchev–Trinajstić information content (AvgIpc) is 2.29. The van der Waals surface area contributed by atoms with Crippen LogP contribution >= 0.6 is 11.3 Å². The summed E-state index contributed by atoms with van der Waals surface area (Å²) in [5, 5.41) is -0.822. The molecule has 0 fully saturated rings. The number of hydrogen-bond donors (Lipinski definition) is 1. The van der Waals surface area contributed by atoms with E-state index >= 15 is 0 Å². The number of nitrogens with two attached hydrogens (primary N) is 1. The van der Waals surface area contributed by atoms with Crippen LogP contribution in [0.25, 0.3) is 0 Å². The minimum atomic E-state index is -4.36. The molecule has 2 nitrogen and oxygen atoms in total. The van der Waals surface area contributed by atoms with E-state index < -0.39 is 17.2 Å². The molecule has 0 saturated heterocycles. The molecule has 0 amide bonds. The smallest absolute Gasteiger partial charge is 0.323 e. The molecule has 0 aromatic carbocycles. The van der Waals surface area contributed by atoms with Crippen LogP contribution in [0.4, 0.5) is 13.2 Å². The quantitative estimate of drug-likeness (QED) is 0.773. The van der Waals surface area contributed by atoms with Gasteiger partial charge in [-0.2, -0.15) is 13.2 Å². The Morgan fingerprint density at radius 1 is 1.46 bits per heavy atom. The highest BCUT2D eigenvalue weighted by molar-refractivity contribution is 7.11. The third-order valence-corrected chi connectivity index (χ3v) is 2.54. The van der Waals surface area contributed by atoms with E-state index in [0.29, 0.717) is 21.9 Å². The lowest BCUT2D eigenvalue weighted by atomic mass is 10.2. The molecule has 0 aliphatic rings. The molecule has 1 heterocycles. The maximum absolute atomic E-state index is 12.2. The Kier molecular flexibility index (Phi) is 2.63. The van der Waals surface area contributed by atoms with Crippen LogP contribution in [-0.4, -0.2) is 4.98 Å². The molecule has 0 bridgehead atoms. The second-order valence-corrected chi connectivity index (χ2v) is 3.95. The average molecular weight is 210 g/mol. The van der Waals surface area contributed by atoms with Crippen LogP contribution in [0.5, 0.6) is 0 Å². The summed E-state index contributed by atoms with van der Waals surface area (Å²) in [6, 6.07) is -0.452. The van der Waals surface area contributed by atoms with Crippen molar-refractivity contribution in [2.45, 2.75) is 26.1 Å². The van der Waals surface area contributed by atoms with Crippen molar-refractivity contribution >= 4 is 11.3 Å². The summed E-state index contributed by atoms with van der Waals surface area (Å²) < 4.78 is 36.5. The lowest BCUT2D eigenvalue weighted by Crippen LogP contribution is -2.09. The maximum Gasteiger partial charge on any atom is 0.443 e. The number of nitrogens with zero attached hydrogens (tertiary/aromatic N) is 1. The van der Waals surface area contributed by atoms with E-state index in [9.17, 15) is 13.2 Å². The van der Waals surface area contributed by atoms with Gasteiger partial charge in [0.1, 0.15) is 0 Å². The highest BCUT2D eigenvalue weighted by atomic mass is 32.1. The fourth-order valence-electron chi connectivity index (χ4n) is 0.952. The van der Waals surface area contributed by atoms with Gasteiger partial charge in [0.2, 0.25) is 0 Å². The first kappa shape index (κ1) is 10.5. The van der Waals surface area contributed by atoms with Gasteiger partial charge in [-0.15, -0.1) is 11.3 Å². The second-order valence-electron chi connectivity index (χ2n) is 2.75. The van der Waals surface area contributed by atoms with Gasteiger partial charge >= 0.3 is 6.18 Å². The summed E-state index contributed by atoms with van der Waals surface area (Å²) in [4.78, 5) is 3.98. The van der Waals surface area contributed by atoms with E-state index in [1.807, 2.05) is 0 Å². The Labute approximate surface area is 77.6 Å². The fourth-order valence-corrected chi connectivity index (χ4v) is 1.84. The number of aromatic nitrogens is 1. The normalized spacial score (nSPS) is 14.6. The van der Waals surface area contributed by atoms with Crippen LogP contribution in [0, 0.1) is 6.92 Å². The molecular formula is C7H9F3N2S. The molecule has 13 heavy (non-hydrogen) atoms. The first-order valence-electron chi connectivity index (χ1n) is 3.62. The van der Waals surface area contributed by atoms with Crippen molar-refractivity contribution in [1.82, 2.24) is 4.98 Å². The Balaban J connectivity index is 3.10. The predicted molar refractivity (Wildman–Crippen MR) is 44.5 cm³/mol. The largest absolute Gasteiger partial charge is 0.443 e. The van der Waals surface area contributed by atoms with Crippen molar-refractivity contribution in [2.24, 2.45) is 5.73 Å². The zero-order valence-electron chi connectivity index (χ0n) is 7.14. The van der Waals surface area contributed by atoms with E-state index in [1.54, 1.807) is 13.8 Å². The van der Waals surface area contributed by atoms with Crippen molar-refractivity contribution in [3.05, 3.63) is 15.6 Å². The molecule has 1 aromatic rings. The molecule has 0 aliphatic carbocycles. The van der Waals surface area contributed by atoms with E-state index in [-0.39, 0.29) is 0 Å². The van der Waals surface area contributed by atoms with Gasteiger partial charge < -0.3 is 5.73 Å². The zero-order valence-corrected chi connectivity index (χ0v) is 7.96. The number of halogens is 3. The van der Waals surface area contributed by atoms with Crippen LogP contribution in [0.15, 0.2) is 0 Å². The number of rotatable bonds is 1. The molecule has 74 valence electrons. The monoisotopic (exact) mass is 210 g/mol. The molecule has 0 aliphatic heterocycles. The molecule has 1 unspecified atom stereocenters. The van der Waals surface area contributed by atoms with Crippen molar-refractivity contribution in [1.29, 1.82) is 0 Å².